The molecule has 4 rings (SSSR count). The van der Waals surface area contributed by atoms with Crippen molar-refractivity contribution in [3.8, 4) is 11.5 Å². The van der Waals surface area contributed by atoms with E-state index < -0.39 is 16.1 Å². The first kappa shape index (κ1) is 25.9. The number of hydrogen-bond acceptors (Lipinski definition) is 8. The third-order valence-corrected chi connectivity index (χ3v) is 7.39. The van der Waals surface area contributed by atoms with E-state index in [9.17, 15) is 24.5 Å². The van der Waals surface area contributed by atoms with Crippen LogP contribution in [0.5, 0.6) is 11.5 Å². The molecule has 36 heavy (non-hydrogen) atoms. The molecule has 0 aliphatic carbocycles. The van der Waals surface area contributed by atoms with E-state index in [1.165, 1.54) is 19.2 Å². The molecular weight excluding hydrogens is 601 g/mol. The van der Waals surface area contributed by atoms with Crippen molar-refractivity contribution >= 4 is 63.2 Å². The summed E-state index contributed by atoms with van der Waals surface area (Å²) in [6, 6.07) is 9.62. The minimum absolute atomic E-state index is 0.0239. The fourth-order valence-corrected chi connectivity index (χ4v) is 5.49. The molecule has 0 radical (unpaired) electrons. The maximum absolute atomic E-state index is 12.9. The van der Waals surface area contributed by atoms with Crippen molar-refractivity contribution in [3.05, 3.63) is 66.1 Å². The summed E-state index contributed by atoms with van der Waals surface area (Å²) in [5.41, 5.74) is 1.22. The minimum Gasteiger partial charge on any atom is -0.493 e. The predicted octanol–water partition coefficient (Wildman–Crippen LogP) is 4.45. The van der Waals surface area contributed by atoms with Crippen LogP contribution >= 0.6 is 34.4 Å². The number of halogens is 1. The third-order valence-electron chi connectivity index (χ3n) is 5.68. The lowest BCUT2D eigenvalue weighted by Gasteiger charge is -2.18. The van der Waals surface area contributed by atoms with Gasteiger partial charge in [-0.05, 0) is 76.5 Å². The number of nitro benzene ring substituents is 1. The molecule has 2 fully saturated rings. The number of methoxy groups -OCH3 is 1. The average Bonchev–Trinajstić information content (AvgIpc) is 3.48. The molecule has 0 bridgehead atoms. The number of carbonyl (C=O) groups excluding carboxylic acids is 3. The molecule has 0 N–H and O–H groups in total. The van der Waals surface area contributed by atoms with Crippen LogP contribution < -0.4 is 9.47 Å². The second-order valence-corrected chi connectivity index (χ2v) is 10.3. The van der Waals surface area contributed by atoms with Crippen LogP contribution in [0.2, 0.25) is 0 Å². The average molecular weight is 623 g/mol. The second-order valence-electron chi connectivity index (χ2n) is 8.11. The Balaban J connectivity index is 1.49. The van der Waals surface area contributed by atoms with Gasteiger partial charge < -0.3 is 14.4 Å². The molecular formula is C24H22IN3O7S. The molecule has 2 aliphatic rings. The molecule has 10 nitrogen and oxygen atoms in total. The lowest BCUT2D eigenvalue weighted by atomic mass is 10.1. The van der Waals surface area contributed by atoms with E-state index in [2.05, 4.69) is 22.6 Å². The molecule has 3 amide bonds. The summed E-state index contributed by atoms with van der Waals surface area (Å²) < 4.78 is 12.1. The van der Waals surface area contributed by atoms with E-state index in [1.54, 1.807) is 35.2 Å². The van der Waals surface area contributed by atoms with Gasteiger partial charge in [-0.15, -0.1) is 0 Å². The zero-order valence-corrected chi connectivity index (χ0v) is 22.2. The van der Waals surface area contributed by atoms with Crippen molar-refractivity contribution < 1.29 is 28.8 Å². The highest BCUT2D eigenvalue weighted by Gasteiger charge is 2.37. The van der Waals surface area contributed by atoms with Crippen LogP contribution in [-0.2, 0) is 16.2 Å². The molecule has 2 aromatic carbocycles. The standard InChI is InChI=1S/C24H22IN3O7S/c1-34-19-11-16(10-18(25)22(19)35-14-15-5-4-6-17(9-15)28(32)33)12-20-23(30)27(24(31)36-20)13-21(29)26-7-2-3-8-26/h4-6,9-12H,2-3,7-8,13-14H2,1H3/b20-12+. The van der Waals surface area contributed by atoms with Crippen molar-refractivity contribution in [1.29, 1.82) is 0 Å². The van der Waals surface area contributed by atoms with Gasteiger partial charge in [-0.2, -0.15) is 0 Å². The van der Waals surface area contributed by atoms with Crippen LogP contribution in [0.3, 0.4) is 0 Å². The lowest BCUT2D eigenvalue weighted by molar-refractivity contribution is -0.384. The summed E-state index contributed by atoms with van der Waals surface area (Å²) in [4.78, 5) is 51.1. The smallest absolute Gasteiger partial charge is 0.294 e. The highest BCUT2D eigenvalue weighted by molar-refractivity contribution is 14.1. The van der Waals surface area contributed by atoms with Crippen molar-refractivity contribution in [3.63, 3.8) is 0 Å². The Labute approximate surface area is 224 Å². The van der Waals surface area contributed by atoms with Crippen molar-refractivity contribution in [2.45, 2.75) is 19.4 Å². The lowest BCUT2D eigenvalue weighted by Crippen LogP contribution is -2.40. The second kappa shape index (κ2) is 11.3. The van der Waals surface area contributed by atoms with Crippen molar-refractivity contribution in [2.75, 3.05) is 26.7 Å². The van der Waals surface area contributed by atoms with Gasteiger partial charge >= 0.3 is 0 Å². The maximum atomic E-state index is 12.9. The summed E-state index contributed by atoms with van der Waals surface area (Å²) >= 11 is 2.86. The quantitative estimate of drug-likeness (QED) is 0.183. The number of nitrogens with zero attached hydrogens (tertiary/aromatic N) is 3. The van der Waals surface area contributed by atoms with Crippen LogP contribution in [0.25, 0.3) is 6.08 Å². The Kier molecular flexibility index (Phi) is 8.14. The summed E-state index contributed by atoms with van der Waals surface area (Å²) in [5, 5.41) is 10.5. The predicted molar refractivity (Wildman–Crippen MR) is 142 cm³/mol. The number of benzene rings is 2. The molecule has 0 aromatic heterocycles. The number of thioether (sulfide) groups is 1. The minimum atomic E-state index is -0.502. The first-order chi connectivity index (χ1) is 17.3. The zero-order valence-electron chi connectivity index (χ0n) is 19.3. The summed E-state index contributed by atoms with van der Waals surface area (Å²) in [6.07, 6.45) is 3.44. The Hall–Kier alpha value is -3.13. The molecule has 0 saturated carbocycles. The van der Waals surface area contributed by atoms with Crippen LogP contribution in [0.1, 0.15) is 24.0 Å². The Morgan fingerprint density at radius 3 is 2.67 bits per heavy atom. The molecule has 2 saturated heterocycles. The maximum Gasteiger partial charge on any atom is 0.294 e. The number of rotatable bonds is 8. The highest BCUT2D eigenvalue weighted by Crippen LogP contribution is 2.37. The summed E-state index contributed by atoms with van der Waals surface area (Å²) in [7, 11) is 1.48. The highest BCUT2D eigenvalue weighted by atomic mass is 127. The molecule has 2 aliphatic heterocycles. The van der Waals surface area contributed by atoms with Gasteiger partial charge in [-0.1, -0.05) is 12.1 Å². The summed E-state index contributed by atoms with van der Waals surface area (Å²) in [5.74, 6) is 0.128. The third kappa shape index (κ3) is 5.81. The number of nitro groups is 1. The number of amides is 3. The first-order valence-corrected chi connectivity index (χ1v) is 12.9. The Morgan fingerprint density at radius 1 is 1.22 bits per heavy atom. The van der Waals surface area contributed by atoms with Crippen LogP contribution in [0, 0.1) is 13.7 Å². The van der Waals surface area contributed by atoms with Gasteiger partial charge in [-0.25, -0.2) is 0 Å². The number of likely N-dealkylation sites (tertiary alicyclic amines) is 1. The van der Waals surface area contributed by atoms with E-state index >= 15 is 0 Å². The van der Waals surface area contributed by atoms with E-state index in [1.807, 2.05) is 0 Å². The topological polar surface area (TPSA) is 119 Å². The van der Waals surface area contributed by atoms with Gasteiger partial charge in [0.2, 0.25) is 5.91 Å². The van der Waals surface area contributed by atoms with Gasteiger partial charge in [0.05, 0.1) is 20.5 Å². The molecule has 0 unspecified atom stereocenters. The molecule has 0 atom stereocenters. The number of non-ortho nitro benzene ring substituents is 1. The van der Waals surface area contributed by atoms with Crippen LogP contribution in [-0.4, -0.2) is 58.5 Å². The van der Waals surface area contributed by atoms with Crippen LogP contribution in [0.15, 0.2) is 41.3 Å². The SMILES string of the molecule is COc1cc(/C=C2/SC(=O)N(CC(=O)N3CCCC3)C2=O)cc(I)c1OCc1cccc([N+](=O)[O-])c1. The fourth-order valence-electron chi connectivity index (χ4n) is 3.87. The molecule has 2 aromatic rings. The van der Waals surface area contributed by atoms with Gasteiger partial charge in [0.1, 0.15) is 13.2 Å². The first-order valence-electron chi connectivity index (χ1n) is 11.0. The zero-order chi connectivity index (χ0) is 25.8. The molecule has 2 heterocycles. The monoisotopic (exact) mass is 623 g/mol. The van der Waals surface area contributed by atoms with E-state index in [-0.39, 0.29) is 29.7 Å². The van der Waals surface area contributed by atoms with Gasteiger partial charge in [0.25, 0.3) is 16.8 Å². The number of ether oxygens (including phenoxy) is 2. The number of hydrogen-bond donors (Lipinski definition) is 0. The molecule has 12 heteroatoms. The van der Waals surface area contributed by atoms with Crippen molar-refractivity contribution in [2.24, 2.45) is 0 Å². The fraction of sp³-hybridized carbons (Fsp3) is 0.292. The normalized spacial score (nSPS) is 16.7. The number of carbonyl (C=O) groups is 3. The van der Waals surface area contributed by atoms with Gasteiger partial charge in [-0.3, -0.25) is 29.4 Å². The van der Waals surface area contributed by atoms with Gasteiger partial charge in [0, 0.05) is 25.2 Å². The van der Waals surface area contributed by atoms with E-state index in [0.29, 0.717) is 39.3 Å². The van der Waals surface area contributed by atoms with Crippen LogP contribution in [0.4, 0.5) is 10.5 Å². The Morgan fingerprint density at radius 2 is 1.97 bits per heavy atom. The molecule has 0 spiro atoms. The summed E-state index contributed by atoms with van der Waals surface area (Å²) in [6.45, 7) is 1.14. The largest absolute Gasteiger partial charge is 0.493 e. The number of imide groups is 1. The van der Waals surface area contributed by atoms with E-state index in [4.69, 9.17) is 9.47 Å². The van der Waals surface area contributed by atoms with Gasteiger partial charge in [0.15, 0.2) is 11.5 Å². The van der Waals surface area contributed by atoms with E-state index in [0.717, 1.165) is 29.5 Å². The molecule has 188 valence electrons. The Bertz CT molecular complexity index is 1260. The van der Waals surface area contributed by atoms with Crippen molar-refractivity contribution in [1.82, 2.24) is 9.80 Å².